The van der Waals surface area contributed by atoms with Crippen molar-refractivity contribution in [3.63, 3.8) is 0 Å². The van der Waals surface area contributed by atoms with Crippen molar-refractivity contribution in [1.29, 1.82) is 0 Å². The average molecular weight is 443 g/mol. The summed E-state index contributed by atoms with van der Waals surface area (Å²) in [5.74, 6) is 0.405. The van der Waals surface area contributed by atoms with E-state index in [9.17, 15) is 4.79 Å². The molecule has 0 atom stereocenters. The van der Waals surface area contributed by atoms with Gasteiger partial charge in [-0.3, -0.25) is 4.79 Å². The number of unbranched alkanes of at least 4 members (excludes halogenated alkanes) is 1. The number of hydrogen-bond donors (Lipinski definition) is 1. The van der Waals surface area contributed by atoms with Crippen LogP contribution in [0.5, 0.6) is 0 Å². The molecule has 1 aromatic heterocycles. The number of aromatic nitrogens is 1. The van der Waals surface area contributed by atoms with Crippen molar-refractivity contribution in [3.8, 4) is 0 Å². The van der Waals surface area contributed by atoms with Gasteiger partial charge in [-0.15, -0.1) is 11.8 Å². The number of rotatable bonds is 9. The molecule has 4 rings (SSSR count). The lowest BCUT2D eigenvalue weighted by molar-refractivity contribution is -0.113. The van der Waals surface area contributed by atoms with Crippen LogP contribution in [0.2, 0.25) is 0 Å². The van der Waals surface area contributed by atoms with Crippen LogP contribution in [0.25, 0.3) is 10.9 Å². The maximum atomic E-state index is 12.6. The largest absolute Gasteiger partial charge is 0.342 e. The van der Waals surface area contributed by atoms with Gasteiger partial charge in [-0.25, -0.2) is 0 Å². The molecule has 0 unspecified atom stereocenters. The van der Waals surface area contributed by atoms with Gasteiger partial charge in [0.05, 0.1) is 5.75 Å². The molecule has 1 N–H and O–H groups in total. The lowest BCUT2D eigenvalue weighted by Gasteiger charge is -2.06. The summed E-state index contributed by atoms with van der Waals surface area (Å²) in [4.78, 5) is 13.7. The van der Waals surface area contributed by atoms with E-state index < -0.39 is 0 Å². The van der Waals surface area contributed by atoms with Gasteiger partial charge in [-0.1, -0.05) is 73.5 Å². The maximum absolute atomic E-state index is 12.6. The molecule has 164 valence electrons. The van der Waals surface area contributed by atoms with E-state index in [-0.39, 0.29) is 5.91 Å². The topological polar surface area (TPSA) is 34.0 Å². The highest BCUT2D eigenvalue weighted by Crippen LogP contribution is 2.30. The van der Waals surface area contributed by atoms with E-state index in [0.29, 0.717) is 5.75 Å². The van der Waals surface area contributed by atoms with E-state index >= 15 is 0 Å². The number of aryl methyl sites for hydroxylation is 2. The third-order valence-corrected chi connectivity index (χ3v) is 6.65. The van der Waals surface area contributed by atoms with Crippen molar-refractivity contribution in [3.05, 3.63) is 95.7 Å². The van der Waals surface area contributed by atoms with Crippen molar-refractivity contribution in [2.24, 2.45) is 0 Å². The second-order valence-corrected chi connectivity index (χ2v) is 9.28. The fourth-order valence-corrected chi connectivity index (χ4v) is 4.83. The highest BCUT2D eigenvalue weighted by atomic mass is 32.2. The summed E-state index contributed by atoms with van der Waals surface area (Å²) in [5, 5.41) is 4.22. The Morgan fingerprint density at radius 2 is 1.78 bits per heavy atom. The second-order valence-electron chi connectivity index (χ2n) is 8.26. The number of nitrogens with zero attached hydrogens (tertiary/aromatic N) is 1. The number of carbonyl (C=O) groups excluding carboxylic acids is 1. The Kier molecular flexibility index (Phi) is 7.33. The van der Waals surface area contributed by atoms with Crippen LogP contribution in [0.3, 0.4) is 0 Å². The molecular formula is C28H30N2OS. The number of carbonyl (C=O) groups is 1. The number of nitrogens with one attached hydrogen (secondary N) is 1. The summed E-state index contributed by atoms with van der Waals surface area (Å²) in [6.45, 7) is 5.14. The lowest BCUT2D eigenvalue weighted by atomic mass is 10.1. The molecule has 1 heterocycles. The highest BCUT2D eigenvalue weighted by Gasteiger charge is 2.11. The monoisotopic (exact) mass is 442 g/mol. The molecule has 0 spiro atoms. The SMILES string of the molecule is CCCCc1ccc(NC(=O)CSc2cn(Cc3cccc(C)c3)c3ccccc23)cc1. The number of thioether (sulfide) groups is 1. The fourth-order valence-electron chi connectivity index (χ4n) is 3.94. The van der Waals surface area contributed by atoms with E-state index in [0.717, 1.165) is 23.5 Å². The number of benzene rings is 3. The Labute approximate surface area is 194 Å². The molecule has 0 bridgehead atoms. The minimum atomic E-state index is 0.0202. The minimum Gasteiger partial charge on any atom is -0.342 e. The first-order valence-corrected chi connectivity index (χ1v) is 12.3. The summed E-state index contributed by atoms with van der Waals surface area (Å²) in [6, 6.07) is 25.2. The molecule has 3 nitrogen and oxygen atoms in total. The summed E-state index contributed by atoms with van der Waals surface area (Å²) >= 11 is 1.59. The molecule has 3 aromatic carbocycles. The quantitative estimate of drug-likeness (QED) is 0.281. The Balaban J connectivity index is 1.42. The van der Waals surface area contributed by atoms with Crippen LogP contribution in [0.4, 0.5) is 5.69 Å². The first kappa shape index (κ1) is 22.2. The predicted octanol–water partition coefficient (Wildman–Crippen LogP) is 7.07. The summed E-state index contributed by atoms with van der Waals surface area (Å²) in [5.41, 5.74) is 5.92. The van der Waals surface area contributed by atoms with Crippen molar-refractivity contribution in [1.82, 2.24) is 4.57 Å². The van der Waals surface area contributed by atoms with E-state index in [1.165, 1.54) is 40.4 Å². The molecule has 4 heteroatoms. The van der Waals surface area contributed by atoms with Gasteiger partial charge in [0.15, 0.2) is 0 Å². The molecule has 0 saturated heterocycles. The summed E-state index contributed by atoms with van der Waals surface area (Å²) in [7, 11) is 0. The van der Waals surface area contributed by atoms with Crippen LogP contribution < -0.4 is 5.32 Å². The third-order valence-electron chi connectivity index (χ3n) is 5.60. The third kappa shape index (κ3) is 5.63. The number of amides is 1. The summed E-state index contributed by atoms with van der Waals surface area (Å²) < 4.78 is 2.28. The number of fused-ring (bicyclic) bond motifs is 1. The van der Waals surface area contributed by atoms with Crippen LogP contribution in [0, 0.1) is 6.92 Å². The molecule has 4 aromatic rings. The van der Waals surface area contributed by atoms with Crippen molar-refractivity contribution >= 4 is 34.3 Å². The van der Waals surface area contributed by atoms with Crippen molar-refractivity contribution in [2.75, 3.05) is 11.1 Å². The molecule has 0 fully saturated rings. The molecule has 0 aliphatic rings. The van der Waals surface area contributed by atoms with Crippen LogP contribution in [0.15, 0.2) is 83.9 Å². The first-order chi connectivity index (χ1) is 15.6. The number of anilines is 1. The van der Waals surface area contributed by atoms with Gasteiger partial charge in [0.1, 0.15) is 0 Å². The maximum Gasteiger partial charge on any atom is 0.234 e. The predicted molar refractivity (Wildman–Crippen MR) is 137 cm³/mol. The number of para-hydroxylation sites is 1. The Morgan fingerprint density at radius 1 is 0.969 bits per heavy atom. The van der Waals surface area contributed by atoms with Crippen molar-refractivity contribution < 1.29 is 4.79 Å². The summed E-state index contributed by atoms with van der Waals surface area (Å²) in [6.07, 6.45) is 5.65. The zero-order valence-corrected chi connectivity index (χ0v) is 19.6. The molecule has 32 heavy (non-hydrogen) atoms. The molecule has 0 radical (unpaired) electrons. The van der Waals surface area contributed by atoms with Gasteiger partial charge >= 0.3 is 0 Å². The Hall–Kier alpha value is -2.98. The molecular weight excluding hydrogens is 412 g/mol. The molecule has 0 aliphatic carbocycles. The molecule has 0 saturated carbocycles. The van der Waals surface area contributed by atoms with E-state index in [4.69, 9.17) is 0 Å². The van der Waals surface area contributed by atoms with Gasteiger partial charge in [-0.05, 0) is 49.1 Å². The standard InChI is InChI=1S/C28H30N2OS/c1-3-4-9-22-13-15-24(16-14-22)29-28(31)20-32-27-19-30(26-12-6-5-11-25(26)27)18-23-10-7-8-21(2)17-23/h5-8,10-17,19H,3-4,9,18,20H2,1-2H3,(H,29,31). The minimum absolute atomic E-state index is 0.0202. The van der Waals surface area contributed by atoms with Crippen LogP contribution >= 0.6 is 11.8 Å². The van der Waals surface area contributed by atoms with E-state index in [2.05, 4.69) is 90.6 Å². The van der Waals surface area contributed by atoms with E-state index in [1.54, 1.807) is 11.8 Å². The Bertz CT molecular complexity index is 1190. The normalized spacial score (nSPS) is 11.1. The van der Waals surface area contributed by atoms with Gasteiger partial charge in [0, 0.05) is 34.2 Å². The number of hydrogen-bond acceptors (Lipinski definition) is 2. The fraction of sp³-hybridized carbons (Fsp3) is 0.250. The lowest BCUT2D eigenvalue weighted by Crippen LogP contribution is -2.13. The molecule has 1 amide bonds. The highest BCUT2D eigenvalue weighted by molar-refractivity contribution is 8.00. The van der Waals surface area contributed by atoms with E-state index in [1.807, 2.05) is 12.1 Å². The smallest absolute Gasteiger partial charge is 0.234 e. The van der Waals surface area contributed by atoms with Gasteiger partial charge in [0.2, 0.25) is 5.91 Å². The van der Waals surface area contributed by atoms with Crippen molar-refractivity contribution in [2.45, 2.75) is 44.6 Å². The zero-order valence-electron chi connectivity index (χ0n) is 18.8. The Morgan fingerprint density at radius 3 is 2.56 bits per heavy atom. The van der Waals surface area contributed by atoms with Crippen LogP contribution in [0.1, 0.15) is 36.5 Å². The second kappa shape index (κ2) is 10.6. The first-order valence-electron chi connectivity index (χ1n) is 11.3. The van der Waals surface area contributed by atoms with Crippen LogP contribution in [-0.2, 0) is 17.8 Å². The van der Waals surface area contributed by atoms with Gasteiger partial charge < -0.3 is 9.88 Å². The van der Waals surface area contributed by atoms with Gasteiger partial charge in [-0.2, -0.15) is 0 Å². The zero-order chi connectivity index (χ0) is 22.3. The molecule has 0 aliphatic heterocycles. The average Bonchev–Trinajstić information content (AvgIpc) is 3.15. The van der Waals surface area contributed by atoms with Crippen LogP contribution in [-0.4, -0.2) is 16.2 Å². The van der Waals surface area contributed by atoms with Gasteiger partial charge in [0.25, 0.3) is 0 Å².